The van der Waals surface area contributed by atoms with Gasteiger partial charge in [-0.3, -0.25) is 0 Å². The molecule has 0 saturated carbocycles. The van der Waals surface area contributed by atoms with Crippen molar-refractivity contribution in [2.75, 3.05) is 6.54 Å². The van der Waals surface area contributed by atoms with Crippen LogP contribution in [0.25, 0.3) is 0 Å². The molecule has 0 radical (unpaired) electrons. The Balaban J connectivity index is 0.00000288. The number of rotatable bonds is 6. The van der Waals surface area contributed by atoms with Crippen LogP contribution in [-0.2, 0) is 13.1 Å². The Kier molecular flexibility index (Phi) is 8.73. The molecule has 0 aliphatic rings. The molecule has 2 aromatic rings. The maximum Gasteiger partial charge on any atom is 0.191 e. The Bertz CT molecular complexity index is 658. The van der Waals surface area contributed by atoms with Crippen molar-refractivity contribution in [1.29, 1.82) is 0 Å². The van der Waals surface area contributed by atoms with Crippen LogP contribution in [-0.4, -0.2) is 17.7 Å². The van der Waals surface area contributed by atoms with Gasteiger partial charge in [-0.25, -0.2) is 9.38 Å². The fourth-order valence-electron chi connectivity index (χ4n) is 1.99. The zero-order chi connectivity index (χ0) is 16.7. The minimum atomic E-state index is -0.246. The van der Waals surface area contributed by atoms with Gasteiger partial charge in [0.15, 0.2) is 11.7 Å². The summed E-state index contributed by atoms with van der Waals surface area (Å²) in [5.74, 6) is 1.43. The van der Waals surface area contributed by atoms with Crippen molar-refractivity contribution in [3.05, 3.63) is 53.2 Å². The predicted octanol–water partition coefficient (Wildman–Crippen LogP) is 3.81. The molecule has 1 aromatic heterocycles. The molecular formula is C17H24FIN4O. The summed E-state index contributed by atoms with van der Waals surface area (Å²) in [7, 11) is 0. The minimum absolute atomic E-state index is 0. The molecule has 5 nitrogen and oxygen atoms in total. The second-order valence-corrected chi connectivity index (χ2v) is 5.51. The first-order chi connectivity index (χ1) is 11.1. The summed E-state index contributed by atoms with van der Waals surface area (Å²) in [5, 5.41) is 10.3. The molecule has 0 aliphatic heterocycles. The largest absolute Gasteiger partial charge is 0.359 e. The third-order valence-corrected chi connectivity index (χ3v) is 3.31. The van der Waals surface area contributed by atoms with Crippen molar-refractivity contribution >= 4 is 29.9 Å². The van der Waals surface area contributed by atoms with Gasteiger partial charge in [-0.1, -0.05) is 37.2 Å². The molecule has 0 bridgehead atoms. The highest BCUT2D eigenvalue weighted by Crippen LogP contribution is 2.13. The molecule has 0 saturated heterocycles. The normalized spacial score (nSPS) is 11.3. The second-order valence-electron chi connectivity index (χ2n) is 5.51. The van der Waals surface area contributed by atoms with Crippen LogP contribution in [0.4, 0.5) is 4.39 Å². The van der Waals surface area contributed by atoms with Crippen molar-refractivity contribution in [1.82, 2.24) is 15.8 Å². The molecule has 0 aliphatic carbocycles. The van der Waals surface area contributed by atoms with Gasteiger partial charge in [-0.15, -0.1) is 24.0 Å². The van der Waals surface area contributed by atoms with E-state index in [4.69, 9.17) is 4.52 Å². The Morgan fingerprint density at radius 1 is 1.29 bits per heavy atom. The monoisotopic (exact) mass is 446 g/mol. The molecule has 0 fully saturated rings. The highest BCUT2D eigenvalue weighted by molar-refractivity contribution is 14.0. The minimum Gasteiger partial charge on any atom is -0.359 e. The Labute approximate surface area is 159 Å². The molecule has 0 unspecified atom stereocenters. The summed E-state index contributed by atoms with van der Waals surface area (Å²) in [4.78, 5) is 4.39. The number of aromatic nitrogens is 1. The van der Waals surface area contributed by atoms with Crippen LogP contribution in [0.3, 0.4) is 0 Å². The summed E-state index contributed by atoms with van der Waals surface area (Å²) in [6.45, 7) is 7.57. The lowest BCUT2D eigenvalue weighted by molar-refractivity contribution is 0.372. The third kappa shape index (κ3) is 6.10. The fraction of sp³-hybridized carbons (Fsp3) is 0.412. The van der Waals surface area contributed by atoms with Crippen LogP contribution in [0.15, 0.2) is 39.8 Å². The summed E-state index contributed by atoms with van der Waals surface area (Å²) in [6, 6.07) is 8.57. The highest BCUT2D eigenvalue weighted by Gasteiger charge is 2.08. The number of aliphatic imine (C=N–C) groups is 1. The molecule has 24 heavy (non-hydrogen) atoms. The van der Waals surface area contributed by atoms with Crippen LogP contribution >= 0.6 is 24.0 Å². The van der Waals surface area contributed by atoms with E-state index in [1.807, 2.05) is 13.0 Å². The lowest BCUT2D eigenvalue weighted by Gasteiger charge is -2.10. The molecule has 2 rings (SSSR count). The number of hydrogen-bond donors (Lipinski definition) is 2. The first-order valence-electron chi connectivity index (χ1n) is 7.81. The van der Waals surface area contributed by atoms with E-state index >= 15 is 0 Å². The van der Waals surface area contributed by atoms with E-state index in [2.05, 4.69) is 34.6 Å². The lowest BCUT2D eigenvalue weighted by Crippen LogP contribution is -2.36. The third-order valence-electron chi connectivity index (χ3n) is 3.31. The van der Waals surface area contributed by atoms with Crippen LogP contribution in [0, 0.1) is 5.82 Å². The fourth-order valence-corrected chi connectivity index (χ4v) is 1.99. The van der Waals surface area contributed by atoms with E-state index in [0.29, 0.717) is 24.0 Å². The lowest BCUT2D eigenvalue weighted by atomic mass is 10.1. The zero-order valence-electron chi connectivity index (χ0n) is 14.2. The number of halogens is 2. The maximum absolute atomic E-state index is 13.6. The molecule has 7 heteroatoms. The van der Waals surface area contributed by atoms with Gasteiger partial charge in [0.05, 0.1) is 18.8 Å². The predicted molar refractivity (Wildman–Crippen MR) is 104 cm³/mol. The molecule has 2 N–H and O–H groups in total. The molecule has 0 spiro atoms. The number of guanidine groups is 1. The van der Waals surface area contributed by atoms with Crippen molar-refractivity contribution < 1.29 is 8.91 Å². The average Bonchev–Trinajstić information content (AvgIpc) is 3.00. The molecule has 1 heterocycles. The van der Waals surface area contributed by atoms with Gasteiger partial charge < -0.3 is 15.2 Å². The SMILES string of the molecule is CCNC(=NCc1ccccc1F)NCc1cc(C(C)C)no1.I. The molecule has 132 valence electrons. The standard InChI is InChI=1S/C17H23FN4O.HI/c1-4-19-17(20-10-13-7-5-6-8-15(13)18)21-11-14-9-16(12(2)3)22-23-14;/h5-9,12H,4,10-11H2,1-3H3,(H2,19,20,21);1H. The van der Waals surface area contributed by atoms with Gasteiger partial charge in [0.25, 0.3) is 0 Å². The number of hydrogen-bond acceptors (Lipinski definition) is 3. The highest BCUT2D eigenvalue weighted by atomic mass is 127. The van der Waals surface area contributed by atoms with Crippen molar-refractivity contribution in [2.45, 2.75) is 39.8 Å². The van der Waals surface area contributed by atoms with E-state index in [-0.39, 0.29) is 36.3 Å². The quantitative estimate of drug-likeness (QED) is 0.403. The van der Waals surface area contributed by atoms with Gasteiger partial charge in [0, 0.05) is 18.2 Å². The maximum atomic E-state index is 13.6. The van der Waals surface area contributed by atoms with E-state index in [0.717, 1.165) is 18.0 Å². The van der Waals surface area contributed by atoms with Gasteiger partial charge in [-0.05, 0) is 18.9 Å². The number of nitrogens with zero attached hydrogens (tertiary/aromatic N) is 2. The smallest absolute Gasteiger partial charge is 0.191 e. The first-order valence-corrected chi connectivity index (χ1v) is 7.81. The number of nitrogens with one attached hydrogen (secondary N) is 2. The zero-order valence-corrected chi connectivity index (χ0v) is 16.5. The summed E-state index contributed by atoms with van der Waals surface area (Å²) >= 11 is 0. The summed E-state index contributed by atoms with van der Waals surface area (Å²) in [6.07, 6.45) is 0. The Morgan fingerprint density at radius 3 is 2.67 bits per heavy atom. The van der Waals surface area contributed by atoms with Gasteiger partial charge in [0.2, 0.25) is 0 Å². The topological polar surface area (TPSA) is 62.5 Å². The van der Waals surface area contributed by atoms with Crippen molar-refractivity contribution in [3.8, 4) is 0 Å². The molecular weight excluding hydrogens is 422 g/mol. The van der Waals surface area contributed by atoms with E-state index in [1.54, 1.807) is 18.2 Å². The molecule has 0 amide bonds. The van der Waals surface area contributed by atoms with Crippen molar-refractivity contribution in [2.24, 2.45) is 4.99 Å². The van der Waals surface area contributed by atoms with Gasteiger partial charge in [0.1, 0.15) is 5.82 Å². The van der Waals surface area contributed by atoms with Crippen molar-refractivity contribution in [3.63, 3.8) is 0 Å². The van der Waals surface area contributed by atoms with Crippen LogP contribution in [0.5, 0.6) is 0 Å². The summed E-state index contributed by atoms with van der Waals surface area (Å²) < 4.78 is 18.9. The molecule has 0 atom stereocenters. The van der Waals surface area contributed by atoms with Crippen LogP contribution in [0.2, 0.25) is 0 Å². The van der Waals surface area contributed by atoms with Gasteiger partial charge >= 0.3 is 0 Å². The summed E-state index contributed by atoms with van der Waals surface area (Å²) in [5.41, 5.74) is 1.49. The first kappa shape index (κ1) is 20.4. The van der Waals surface area contributed by atoms with Crippen LogP contribution in [0.1, 0.15) is 43.7 Å². The number of benzene rings is 1. The Hall–Kier alpha value is -1.64. The van der Waals surface area contributed by atoms with E-state index in [1.165, 1.54) is 6.07 Å². The second kappa shape index (κ2) is 10.3. The molecule has 1 aromatic carbocycles. The van der Waals surface area contributed by atoms with Gasteiger partial charge in [-0.2, -0.15) is 0 Å². The Morgan fingerprint density at radius 2 is 2.04 bits per heavy atom. The average molecular weight is 446 g/mol. The van der Waals surface area contributed by atoms with E-state index in [9.17, 15) is 4.39 Å². The van der Waals surface area contributed by atoms with Crippen LogP contribution < -0.4 is 10.6 Å². The van der Waals surface area contributed by atoms with E-state index < -0.39 is 0 Å².